The number of aromatic hydroxyl groups is 1. The molecule has 0 fully saturated rings. The van der Waals surface area contributed by atoms with E-state index in [1.54, 1.807) is 6.07 Å². The van der Waals surface area contributed by atoms with Crippen LogP contribution in [0, 0.1) is 0 Å². The SMILES string of the molecule is N[C@H](CO)c1ccc(O)c(Cl)c1. The minimum Gasteiger partial charge on any atom is -0.506 e. The molecule has 3 nitrogen and oxygen atoms in total. The second kappa shape index (κ2) is 3.76. The van der Waals surface area contributed by atoms with Crippen LogP contribution in [0.2, 0.25) is 5.02 Å². The summed E-state index contributed by atoms with van der Waals surface area (Å²) in [7, 11) is 0. The van der Waals surface area contributed by atoms with Crippen molar-refractivity contribution in [1.82, 2.24) is 0 Å². The van der Waals surface area contributed by atoms with Gasteiger partial charge in [0.1, 0.15) is 5.75 Å². The molecule has 1 atom stereocenters. The predicted octanol–water partition coefficient (Wildman–Crippen LogP) is 1.04. The topological polar surface area (TPSA) is 66.5 Å². The number of aliphatic hydroxyl groups is 1. The van der Waals surface area contributed by atoms with Crippen molar-refractivity contribution in [3.05, 3.63) is 28.8 Å². The van der Waals surface area contributed by atoms with Crippen molar-refractivity contribution in [2.45, 2.75) is 6.04 Å². The summed E-state index contributed by atoms with van der Waals surface area (Å²) in [6, 6.07) is 4.18. The van der Waals surface area contributed by atoms with Crippen molar-refractivity contribution in [3.8, 4) is 5.75 Å². The molecule has 1 aromatic carbocycles. The van der Waals surface area contributed by atoms with Crippen molar-refractivity contribution in [1.29, 1.82) is 0 Å². The van der Waals surface area contributed by atoms with E-state index in [0.717, 1.165) is 0 Å². The number of nitrogens with two attached hydrogens (primary N) is 1. The van der Waals surface area contributed by atoms with Gasteiger partial charge in [-0.1, -0.05) is 17.7 Å². The number of halogens is 1. The van der Waals surface area contributed by atoms with E-state index in [2.05, 4.69) is 0 Å². The molecule has 0 heterocycles. The van der Waals surface area contributed by atoms with Gasteiger partial charge in [-0.15, -0.1) is 0 Å². The third kappa shape index (κ3) is 1.88. The summed E-state index contributed by atoms with van der Waals surface area (Å²) in [5.41, 5.74) is 6.23. The Kier molecular flexibility index (Phi) is 2.92. The second-order valence-electron chi connectivity index (χ2n) is 2.50. The van der Waals surface area contributed by atoms with E-state index in [0.29, 0.717) is 5.56 Å². The molecule has 0 saturated heterocycles. The Balaban J connectivity index is 2.96. The lowest BCUT2D eigenvalue weighted by Gasteiger charge is -2.08. The Morgan fingerprint density at radius 2 is 2.17 bits per heavy atom. The summed E-state index contributed by atoms with van der Waals surface area (Å²) in [6.45, 7) is -0.138. The van der Waals surface area contributed by atoms with Gasteiger partial charge in [0.15, 0.2) is 0 Å². The zero-order valence-electron chi connectivity index (χ0n) is 6.37. The molecule has 0 aromatic heterocycles. The van der Waals surface area contributed by atoms with Gasteiger partial charge in [0.2, 0.25) is 0 Å². The Bertz CT molecular complexity index is 278. The molecule has 0 spiro atoms. The Labute approximate surface area is 75.4 Å². The molecule has 66 valence electrons. The molecule has 0 radical (unpaired) electrons. The van der Waals surface area contributed by atoms with E-state index < -0.39 is 6.04 Å². The predicted molar refractivity (Wildman–Crippen MR) is 47.1 cm³/mol. The quantitative estimate of drug-likeness (QED) is 0.648. The first-order chi connectivity index (χ1) is 5.65. The van der Waals surface area contributed by atoms with Crippen LogP contribution in [-0.4, -0.2) is 16.8 Å². The molecule has 4 N–H and O–H groups in total. The first kappa shape index (κ1) is 9.32. The maximum Gasteiger partial charge on any atom is 0.134 e. The summed E-state index contributed by atoms with van der Waals surface area (Å²) in [5, 5.41) is 18.0. The second-order valence-corrected chi connectivity index (χ2v) is 2.91. The van der Waals surface area contributed by atoms with Gasteiger partial charge < -0.3 is 15.9 Å². The van der Waals surface area contributed by atoms with E-state index >= 15 is 0 Å². The summed E-state index contributed by atoms with van der Waals surface area (Å²) < 4.78 is 0. The van der Waals surface area contributed by atoms with E-state index in [1.807, 2.05) is 0 Å². The molecule has 0 aliphatic heterocycles. The van der Waals surface area contributed by atoms with Gasteiger partial charge >= 0.3 is 0 Å². The lowest BCUT2D eigenvalue weighted by atomic mass is 10.1. The minimum absolute atomic E-state index is 0.0190. The molecule has 0 saturated carbocycles. The van der Waals surface area contributed by atoms with Crippen LogP contribution in [0.15, 0.2) is 18.2 Å². The largest absolute Gasteiger partial charge is 0.506 e. The van der Waals surface area contributed by atoms with Gasteiger partial charge in [-0.2, -0.15) is 0 Å². The molecule has 0 unspecified atom stereocenters. The van der Waals surface area contributed by atoms with Crippen molar-refractivity contribution >= 4 is 11.6 Å². The van der Waals surface area contributed by atoms with Crippen LogP contribution in [0.1, 0.15) is 11.6 Å². The molecular formula is C8H10ClNO2. The normalized spacial score (nSPS) is 12.9. The maximum atomic E-state index is 9.06. The summed E-state index contributed by atoms with van der Waals surface area (Å²) in [5.74, 6) is 0.0190. The number of aliphatic hydroxyl groups excluding tert-OH is 1. The first-order valence-electron chi connectivity index (χ1n) is 3.50. The number of hydrogen-bond donors (Lipinski definition) is 3. The highest BCUT2D eigenvalue weighted by Crippen LogP contribution is 2.25. The summed E-state index contributed by atoms with van der Waals surface area (Å²) in [6.07, 6.45) is 0. The Morgan fingerprint density at radius 3 is 2.67 bits per heavy atom. The van der Waals surface area contributed by atoms with Crippen LogP contribution in [0.25, 0.3) is 0 Å². The van der Waals surface area contributed by atoms with E-state index in [-0.39, 0.29) is 17.4 Å². The van der Waals surface area contributed by atoms with Gasteiger partial charge in [-0.05, 0) is 17.7 Å². The highest BCUT2D eigenvalue weighted by Gasteiger charge is 2.06. The maximum absolute atomic E-state index is 9.06. The fourth-order valence-corrected chi connectivity index (χ4v) is 1.05. The molecule has 12 heavy (non-hydrogen) atoms. The average Bonchev–Trinajstić information content (AvgIpc) is 2.08. The van der Waals surface area contributed by atoms with Gasteiger partial charge in [0, 0.05) is 0 Å². The van der Waals surface area contributed by atoms with Crippen LogP contribution < -0.4 is 5.73 Å². The molecule has 0 aliphatic carbocycles. The smallest absolute Gasteiger partial charge is 0.134 e. The standard InChI is InChI=1S/C8H10ClNO2/c9-6-3-5(7(10)4-11)1-2-8(6)12/h1-3,7,11-12H,4,10H2/t7-/m1/s1. The molecule has 1 aromatic rings. The highest BCUT2D eigenvalue weighted by atomic mass is 35.5. The van der Waals surface area contributed by atoms with Crippen LogP contribution in [0.4, 0.5) is 0 Å². The molecular weight excluding hydrogens is 178 g/mol. The fourth-order valence-electron chi connectivity index (χ4n) is 0.859. The van der Waals surface area contributed by atoms with Crippen molar-refractivity contribution in [3.63, 3.8) is 0 Å². The number of hydrogen-bond acceptors (Lipinski definition) is 3. The van der Waals surface area contributed by atoms with Crippen LogP contribution >= 0.6 is 11.6 Å². The number of benzene rings is 1. The summed E-state index contributed by atoms with van der Waals surface area (Å²) in [4.78, 5) is 0. The molecule has 0 amide bonds. The van der Waals surface area contributed by atoms with Gasteiger partial charge in [0.05, 0.1) is 17.7 Å². The summed E-state index contributed by atoms with van der Waals surface area (Å²) >= 11 is 5.63. The number of phenols is 1. The molecule has 4 heteroatoms. The lowest BCUT2D eigenvalue weighted by Crippen LogP contribution is -2.14. The highest BCUT2D eigenvalue weighted by molar-refractivity contribution is 6.32. The van der Waals surface area contributed by atoms with E-state index in [9.17, 15) is 0 Å². The fraction of sp³-hybridized carbons (Fsp3) is 0.250. The average molecular weight is 188 g/mol. The number of rotatable bonds is 2. The third-order valence-electron chi connectivity index (χ3n) is 1.60. The Morgan fingerprint density at radius 1 is 1.50 bits per heavy atom. The van der Waals surface area contributed by atoms with Gasteiger partial charge in [0.25, 0.3) is 0 Å². The van der Waals surface area contributed by atoms with E-state index in [4.69, 9.17) is 27.5 Å². The van der Waals surface area contributed by atoms with Crippen molar-refractivity contribution in [2.75, 3.05) is 6.61 Å². The van der Waals surface area contributed by atoms with Crippen LogP contribution in [0.3, 0.4) is 0 Å². The van der Waals surface area contributed by atoms with Crippen LogP contribution in [-0.2, 0) is 0 Å². The first-order valence-corrected chi connectivity index (χ1v) is 3.88. The molecule has 0 aliphatic rings. The Hall–Kier alpha value is -0.770. The minimum atomic E-state index is -0.442. The van der Waals surface area contributed by atoms with E-state index in [1.165, 1.54) is 12.1 Å². The van der Waals surface area contributed by atoms with Crippen LogP contribution in [0.5, 0.6) is 5.75 Å². The van der Waals surface area contributed by atoms with Gasteiger partial charge in [-0.25, -0.2) is 0 Å². The monoisotopic (exact) mass is 187 g/mol. The zero-order valence-corrected chi connectivity index (χ0v) is 7.12. The van der Waals surface area contributed by atoms with Gasteiger partial charge in [-0.3, -0.25) is 0 Å². The van der Waals surface area contributed by atoms with Crippen molar-refractivity contribution < 1.29 is 10.2 Å². The molecule has 1 rings (SSSR count). The number of phenolic OH excluding ortho intramolecular Hbond substituents is 1. The lowest BCUT2D eigenvalue weighted by molar-refractivity contribution is 0.268. The van der Waals surface area contributed by atoms with Crippen molar-refractivity contribution in [2.24, 2.45) is 5.73 Å². The molecule has 0 bridgehead atoms. The third-order valence-corrected chi connectivity index (χ3v) is 1.90. The zero-order chi connectivity index (χ0) is 9.14.